The van der Waals surface area contributed by atoms with Gasteiger partial charge in [0.1, 0.15) is 10.8 Å². The molecule has 1 aromatic rings. The molecule has 0 spiro atoms. The maximum absolute atomic E-state index is 12.3. The van der Waals surface area contributed by atoms with Gasteiger partial charge in [-0.1, -0.05) is 11.6 Å². The van der Waals surface area contributed by atoms with Gasteiger partial charge in [-0.05, 0) is 28.7 Å². The van der Waals surface area contributed by atoms with Gasteiger partial charge in [0.15, 0.2) is 6.29 Å². The highest BCUT2D eigenvalue weighted by atomic mass is 127. The number of hydrogen-bond acceptors (Lipinski definition) is 2. The largest absolute Gasteiger partial charge is 0.296 e. The van der Waals surface area contributed by atoms with Crippen molar-refractivity contribution in [2.45, 2.75) is 6.43 Å². The van der Waals surface area contributed by atoms with Crippen LogP contribution in [0.1, 0.15) is 22.5 Å². The standard InChI is InChI=1S/C7H3ClF2INO/c8-6-5(7(9)10)4(11)1-3(2-13)12-6/h1-2,7H. The second-order valence-electron chi connectivity index (χ2n) is 2.15. The Balaban J connectivity index is 3.31. The fourth-order valence-electron chi connectivity index (χ4n) is 0.767. The van der Waals surface area contributed by atoms with E-state index in [1.165, 1.54) is 6.07 Å². The quantitative estimate of drug-likeness (QED) is 0.477. The van der Waals surface area contributed by atoms with Crippen molar-refractivity contribution in [1.29, 1.82) is 0 Å². The van der Waals surface area contributed by atoms with Crippen LogP contribution in [0.2, 0.25) is 5.15 Å². The Hall–Kier alpha value is -0.300. The van der Waals surface area contributed by atoms with Crippen LogP contribution >= 0.6 is 34.2 Å². The minimum absolute atomic E-state index is 0.0544. The summed E-state index contributed by atoms with van der Waals surface area (Å²) in [6.07, 6.45) is -2.21. The normalized spacial score (nSPS) is 10.5. The second-order valence-corrected chi connectivity index (χ2v) is 3.67. The van der Waals surface area contributed by atoms with Crippen molar-refractivity contribution in [2.75, 3.05) is 0 Å². The van der Waals surface area contributed by atoms with Crippen LogP contribution in [0.5, 0.6) is 0 Å². The van der Waals surface area contributed by atoms with Gasteiger partial charge in [-0.25, -0.2) is 13.8 Å². The van der Waals surface area contributed by atoms with Crippen LogP contribution in [0.15, 0.2) is 6.07 Å². The van der Waals surface area contributed by atoms with E-state index in [0.29, 0.717) is 6.29 Å². The summed E-state index contributed by atoms with van der Waals surface area (Å²) in [5.41, 5.74) is -0.272. The summed E-state index contributed by atoms with van der Waals surface area (Å²) in [7, 11) is 0. The van der Waals surface area contributed by atoms with Crippen LogP contribution in [-0.2, 0) is 0 Å². The molecule has 0 aromatic carbocycles. The third-order valence-corrected chi connectivity index (χ3v) is 2.50. The van der Waals surface area contributed by atoms with Crippen LogP contribution in [0.4, 0.5) is 8.78 Å². The number of carbonyl (C=O) groups excluding carboxylic acids is 1. The topological polar surface area (TPSA) is 30.0 Å². The number of halogens is 4. The van der Waals surface area contributed by atoms with E-state index in [2.05, 4.69) is 4.98 Å². The summed E-state index contributed by atoms with van der Waals surface area (Å²) in [4.78, 5) is 13.8. The summed E-state index contributed by atoms with van der Waals surface area (Å²) >= 11 is 7.14. The number of hydrogen-bond donors (Lipinski definition) is 0. The van der Waals surface area contributed by atoms with Gasteiger partial charge in [0.05, 0.1) is 5.56 Å². The van der Waals surface area contributed by atoms with Gasteiger partial charge in [-0.15, -0.1) is 0 Å². The van der Waals surface area contributed by atoms with Crippen molar-refractivity contribution < 1.29 is 13.6 Å². The maximum Gasteiger partial charge on any atom is 0.267 e. The molecule has 0 amide bonds. The third-order valence-electron chi connectivity index (χ3n) is 1.32. The number of aldehydes is 1. The molecule has 0 fully saturated rings. The van der Waals surface area contributed by atoms with Gasteiger partial charge in [0.25, 0.3) is 6.43 Å². The van der Waals surface area contributed by atoms with Crippen LogP contribution in [0, 0.1) is 3.57 Å². The molecule has 0 aliphatic heterocycles. The number of nitrogens with zero attached hydrogens (tertiary/aromatic N) is 1. The minimum Gasteiger partial charge on any atom is -0.296 e. The molecule has 2 nitrogen and oxygen atoms in total. The highest BCUT2D eigenvalue weighted by Crippen LogP contribution is 2.30. The number of aromatic nitrogens is 1. The summed E-state index contributed by atoms with van der Waals surface area (Å²) in [5.74, 6) is 0. The van der Waals surface area contributed by atoms with E-state index in [1.54, 1.807) is 22.6 Å². The van der Waals surface area contributed by atoms with Crippen molar-refractivity contribution in [3.63, 3.8) is 0 Å². The highest BCUT2D eigenvalue weighted by Gasteiger charge is 2.17. The molecule has 0 unspecified atom stereocenters. The summed E-state index contributed by atoms with van der Waals surface area (Å²) < 4.78 is 24.9. The third kappa shape index (κ3) is 2.34. The smallest absolute Gasteiger partial charge is 0.267 e. The number of rotatable bonds is 2. The average Bonchev–Trinajstić information content (AvgIpc) is 2.02. The molecule has 0 aliphatic carbocycles. The molecule has 6 heteroatoms. The lowest BCUT2D eigenvalue weighted by Crippen LogP contribution is -1.97. The fraction of sp³-hybridized carbons (Fsp3) is 0.143. The molecule has 1 rings (SSSR count). The van der Waals surface area contributed by atoms with Gasteiger partial charge in [0.2, 0.25) is 0 Å². The first-order chi connectivity index (χ1) is 6.06. The van der Waals surface area contributed by atoms with E-state index < -0.39 is 6.43 Å². The molecule has 0 saturated carbocycles. The van der Waals surface area contributed by atoms with Crippen LogP contribution < -0.4 is 0 Å². The van der Waals surface area contributed by atoms with Crippen molar-refractivity contribution >= 4 is 40.5 Å². The average molecular weight is 317 g/mol. The van der Waals surface area contributed by atoms with E-state index in [0.717, 1.165) is 0 Å². The zero-order valence-electron chi connectivity index (χ0n) is 6.10. The molecular weight excluding hydrogens is 314 g/mol. The molecule has 0 aliphatic rings. The molecule has 1 aromatic heterocycles. The lowest BCUT2D eigenvalue weighted by Gasteiger charge is -2.05. The molecule has 0 atom stereocenters. The first kappa shape index (κ1) is 10.8. The van der Waals surface area contributed by atoms with Gasteiger partial charge >= 0.3 is 0 Å². The van der Waals surface area contributed by atoms with E-state index >= 15 is 0 Å². The Morgan fingerprint density at radius 3 is 2.62 bits per heavy atom. The number of alkyl halides is 2. The molecule has 70 valence electrons. The first-order valence-corrected chi connectivity index (χ1v) is 4.61. The Morgan fingerprint density at radius 2 is 2.23 bits per heavy atom. The van der Waals surface area contributed by atoms with E-state index in [-0.39, 0.29) is 20.0 Å². The van der Waals surface area contributed by atoms with Crippen molar-refractivity contribution in [1.82, 2.24) is 4.98 Å². The van der Waals surface area contributed by atoms with Crippen LogP contribution in [-0.4, -0.2) is 11.3 Å². The molecule has 13 heavy (non-hydrogen) atoms. The van der Waals surface area contributed by atoms with Crippen molar-refractivity contribution in [3.8, 4) is 0 Å². The summed E-state index contributed by atoms with van der Waals surface area (Å²) in [6.45, 7) is 0. The second kappa shape index (κ2) is 4.28. The van der Waals surface area contributed by atoms with E-state index in [9.17, 15) is 13.6 Å². The van der Waals surface area contributed by atoms with Crippen LogP contribution in [0.3, 0.4) is 0 Å². The SMILES string of the molecule is O=Cc1cc(I)c(C(F)F)c(Cl)n1. The van der Waals surface area contributed by atoms with E-state index in [4.69, 9.17) is 11.6 Å². The highest BCUT2D eigenvalue weighted by molar-refractivity contribution is 14.1. The molecule has 0 N–H and O–H groups in total. The summed E-state index contributed by atoms with van der Waals surface area (Å²) in [5, 5.41) is -0.316. The monoisotopic (exact) mass is 317 g/mol. The number of carbonyl (C=O) groups is 1. The fourth-order valence-corrected chi connectivity index (χ4v) is 2.02. The van der Waals surface area contributed by atoms with Crippen LogP contribution in [0.25, 0.3) is 0 Å². The predicted octanol–water partition coefficient (Wildman–Crippen LogP) is 3.09. The Kier molecular flexibility index (Phi) is 3.55. The predicted molar refractivity (Wildman–Crippen MR) is 52.3 cm³/mol. The Labute approximate surface area is 91.4 Å². The molecular formula is C7H3ClF2INO. The molecule has 0 bridgehead atoms. The van der Waals surface area contributed by atoms with Crippen molar-refractivity contribution in [3.05, 3.63) is 26.0 Å². The molecule has 1 heterocycles. The lowest BCUT2D eigenvalue weighted by atomic mass is 10.2. The van der Waals surface area contributed by atoms with Gasteiger partial charge in [-0.2, -0.15) is 0 Å². The zero-order valence-corrected chi connectivity index (χ0v) is 9.01. The van der Waals surface area contributed by atoms with Gasteiger partial charge in [0, 0.05) is 3.57 Å². The molecule has 0 radical (unpaired) electrons. The maximum atomic E-state index is 12.3. The Bertz CT molecular complexity index is 322. The van der Waals surface area contributed by atoms with E-state index in [1.807, 2.05) is 0 Å². The Morgan fingerprint density at radius 1 is 1.62 bits per heavy atom. The van der Waals surface area contributed by atoms with Crippen molar-refractivity contribution in [2.24, 2.45) is 0 Å². The minimum atomic E-state index is -2.67. The summed E-state index contributed by atoms with van der Waals surface area (Å²) in [6, 6.07) is 1.26. The van der Waals surface area contributed by atoms with Gasteiger partial charge in [-0.3, -0.25) is 4.79 Å². The number of pyridine rings is 1. The first-order valence-electron chi connectivity index (χ1n) is 3.15. The molecule has 0 saturated heterocycles. The lowest BCUT2D eigenvalue weighted by molar-refractivity contribution is 0.111. The van der Waals surface area contributed by atoms with Gasteiger partial charge < -0.3 is 0 Å². The zero-order chi connectivity index (χ0) is 10.0.